The zero-order chi connectivity index (χ0) is 18.9. The Kier molecular flexibility index (Phi) is 9.37. The Hall–Kier alpha value is -2.53. The second-order valence-electron chi connectivity index (χ2n) is 6.02. The van der Waals surface area contributed by atoms with E-state index < -0.39 is 0 Å². The lowest BCUT2D eigenvalue weighted by Crippen LogP contribution is -2.42. The second kappa shape index (κ2) is 11.2. The summed E-state index contributed by atoms with van der Waals surface area (Å²) in [4.78, 5) is 18.4. The monoisotopic (exact) mass is 476 g/mol. The van der Waals surface area contributed by atoms with Crippen LogP contribution < -0.4 is 10.6 Å². The van der Waals surface area contributed by atoms with Crippen molar-refractivity contribution in [2.24, 2.45) is 4.99 Å². The van der Waals surface area contributed by atoms with Gasteiger partial charge in [0.1, 0.15) is 0 Å². The molecule has 142 valence electrons. The molecule has 0 radical (unpaired) electrons. The van der Waals surface area contributed by atoms with Crippen LogP contribution in [0.4, 0.5) is 5.69 Å². The number of carbonyl (C=O) groups is 1. The molecule has 0 saturated heterocycles. The van der Waals surface area contributed by atoms with E-state index >= 15 is 0 Å². The van der Waals surface area contributed by atoms with Crippen LogP contribution in [0, 0.1) is 19.3 Å². The summed E-state index contributed by atoms with van der Waals surface area (Å²) in [7, 11) is 3.63. The molecule has 5 nitrogen and oxygen atoms in total. The van der Waals surface area contributed by atoms with Crippen LogP contribution in [0.3, 0.4) is 0 Å². The average Bonchev–Trinajstić information content (AvgIpc) is 2.64. The van der Waals surface area contributed by atoms with Gasteiger partial charge in [-0.25, -0.2) is 0 Å². The van der Waals surface area contributed by atoms with Gasteiger partial charge in [-0.15, -0.1) is 30.4 Å². The molecular formula is C21H25IN4O. The SMILES string of the molecule is C#Cc1cccc(NC(=O)CNC(=NC)N(C)Cc2ccc(C)cc2)c1.I. The van der Waals surface area contributed by atoms with E-state index in [2.05, 4.69) is 52.7 Å². The van der Waals surface area contributed by atoms with Crippen molar-refractivity contribution in [3.8, 4) is 12.3 Å². The molecule has 2 N–H and O–H groups in total. The highest BCUT2D eigenvalue weighted by Crippen LogP contribution is 2.09. The average molecular weight is 476 g/mol. The molecule has 2 aromatic carbocycles. The number of aryl methyl sites for hydroxylation is 1. The van der Waals surface area contributed by atoms with Gasteiger partial charge in [0.25, 0.3) is 0 Å². The van der Waals surface area contributed by atoms with Crippen LogP contribution in [0.2, 0.25) is 0 Å². The molecule has 6 heteroatoms. The van der Waals surface area contributed by atoms with E-state index in [0.29, 0.717) is 18.2 Å². The molecule has 0 fully saturated rings. The van der Waals surface area contributed by atoms with Gasteiger partial charge in [0.15, 0.2) is 5.96 Å². The fourth-order valence-corrected chi connectivity index (χ4v) is 2.48. The molecule has 2 rings (SSSR count). The molecular weight excluding hydrogens is 451 g/mol. The maximum absolute atomic E-state index is 12.2. The summed E-state index contributed by atoms with van der Waals surface area (Å²) < 4.78 is 0. The molecule has 0 spiro atoms. The smallest absolute Gasteiger partial charge is 0.243 e. The minimum Gasteiger partial charge on any atom is -0.347 e. The number of aliphatic imine (C=N–C) groups is 1. The summed E-state index contributed by atoms with van der Waals surface area (Å²) in [6, 6.07) is 15.5. The zero-order valence-corrected chi connectivity index (χ0v) is 18.2. The molecule has 0 heterocycles. The molecule has 0 aliphatic heterocycles. The van der Waals surface area contributed by atoms with Crippen LogP contribution >= 0.6 is 24.0 Å². The number of terminal acetylenes is 1. The number of halogens is 1. The van der Waals surface area contributed by atoms with E-state index in [0.717, 1.165) is 5.56 Å². The lowest BCUT2D eigenvalue weighted by atomic mass is 10.1. The molecule has 0 atom stereocenters. The van der Waals surface area contributed by atoms with Crippen LogP contribution in [0.25, 0.3) is 0 Å². The number of nitrogens with one attached hydrogen (secondary N) is 2. The van der Waals surface area contributed by atoms with Crippen molar-refractivity contribution in [3.63, 3.8) is 0 Å². The fraction of sp³-hybridized carbons (Fsp3) is 0.238. The van der Waals surface area contributed by atoms with E-state index in [4.69, 9.17) is 6.42 Å². The molecule has 0 aliphatic rings. The maximum atomic E-state index is 12.2. The third-order valence-corrected chi connectivity index (χ3v) is 3.83. The minimum absolute atomic E-state index is 0. The van der Waals surface area contributed by atoms with Gasteiger partial charge >= 0.3 is 0 Å². The molecule has 0 aliphatic carbocycles. The van der Waals surface area contributed by atoms with Crippen molar-refractivity contribution in [2.45, 2.75) is 13.5 Å². The number of anilines is 1. The van der Waals surface area contributed by atoms with E-state index in [9.17, 15) is 4.79 Å². The minimum atomic E-state index is -0.163. The standard InChI is InChI=1S/C21H24N4O.HI/c1-5-17-7-6-8-19(13-17)24-20(26)14-23-21(22-3)25(4)15-18-11-9-16(2)10-12-18;/h1,6-13H,14-15H2,2-4H3,(H,22,23)(H,24,26);1H. The summed E-state index contributed by atoms with van der Waals surface area (Å²) in [5.41, 5.74) is 3.81. The highest BCUT2D eigenvalue weighted by atomic mass is 127. The molecule has 0 bridgehead atoms. The van der Waals surface area contributed by atoms with Crippen molar-refractivity contribution < 1.29 is 4.79 Å². The quantitative estimate of drug-likeness (QED) is 0.302. The van der Waals surface area contributed by atoms with Gasteiger partial charge < -0.3 is 15.5 Å². The lowest BCUT2D eigenvalue weighted by Gasteiger charge is -2.22. The van der Waals surface area contributed by atoms with Gasteiger partial charge in [-0.05, 0) is 30.7 Å². The third kappa shape index (κ3) is 7.31. The number of carbonyl (C=O) groups excluding carboxylic acids is 1. The first-order valence-corrected chi connectivity index (χ1v) is 8.35. The van der Waals surface area contributed by atoms with Crippen molar-refractivity contribution in [1.29, 1.82) is 0 Å². The van der Waals surface area contributed by atoms with Crippen molar-refractivity contribution in [1.82, 2.24) is 10.2 Å². The Bertz CT molecular complexity index is 825. The summed E-state index contributed by atoms with van der Waals surface area (Å²) in [6.45, 7) is 2.88. The van der Waals surface area contributed by atoms with Gasteiger partial charge in [0.05, 0.1) is 6.54 Å². The Labute approximate surface area is 178 Å². The van der Waals surface area contributed by atoms with Gasteiger partial charge in [0.2, 0.25) is 5.91 Å². The number of benzene rings is 2. The molecule has 0 saturated carbocycles. The number of nitrogens with zero attached hydrogens (tertiary/aromatic N) is 2. The maximum Gasteiger partial charge on any atom is 0.243 e. The van der Waals surface area contributed by atoms with Crippen LogP contribution in [-0.2, 0) is 11.3 Å². The molecule has 0 unspecified atom stereocenters. The van der Waals surface area contributed by atoms with Gasteiger partial charge in [0, 0.05) is 31.9 Å². The Morgan fingerprint density at radius 1 is 1.22 bits per heavy atom. The molecule has 27 heavy (non-hydrogen) atoms. The van der Waals surface area contributed by atoms with Crippen LogP contribution in [-0.4, -0.2) is 37.4 Å². The number of hydrogen-bond donors (Lipinski definition) is 2. The van der Waals surface area contributed by atoms with Crippen LogP contribution in [0.15, 0.2) is 53.5 Å². The number of guanidine groups is 1. The zero-order valence-electron chi connectivity index (χ0n) is 15.8. The summed E-state index contributed by atoms with van der Waals surface area (Å²) in [5.74, 6) is 3.04. The predicted octanol–water partition coefficient (Wildman–Crippen LogP) is 3.24. The van der Waals surface area contributed by atoms with Crippen molar-refractivity contribution >= 4 is 41.5 Å². The van der Waals surface area contributed by atoms with Crippen molar-refractivity contribution in [2.75, 3.05) is 26.0 Å². The summed E-state index contributed by atoms with van der Waals surface area (Å²) in [6.07, 6.45) is 5.37. The molecule has 1 amide bonds. The summed E-state index contributed by atoms with van der Waals surface area (Å²) >= 11 is 0. The topological polar surface area (TPSA) is 56.7 Å². The second-order valence-corrected chi connectivity index (χ2v) is 6.02. The van der Waals surface area contributed by atoms with Crippen molar-refractivity contribution in [3.05, 3.63) is 65.2 Å². The highest BCUT2D eigenvalue weighted by molar-refractivity contribution is 14.0. The first kappa shape index (κ1) is 22.5. The first-order valence-electron chi connectivity index (χ1n) is 8.35. The van der Waals surface area contributed by atoms with E-state index in [1.807, 2.05) is 24.1 Å². The van der Waals surface area contributed by atoms with Crippen LogP contribution in [0.1, 0.15) is 16.7 Å². The van der Waals surface area contributed by atoms with E-state index in [1.165, 1.54) is 11.1 Å². The van der Waals surface area contributed by atoms with E-state index in [-0.39, 0.29) is 36.4 Å². The highest BCUT2D eigenvalue weighted by Gasteiger charge is 2.09. The normalized spacial score (nSPS) is 10.4. The number of hydrogen-bond acceptors (Lipinski definition) is 2. The molecule has 2 aromatic rings. The summed E-state index contributed by atoms with van der Waals surface area (Å²) in [5, 5.41) is 5.89. The lowest BCUT2D eigenvalue weighted by molar-refractivity contribution is -0.115. The molecule has 0 aromatic heterocycles. The van der Waals surface area contributed by atoms with Gasteiger partial charge in [-0.2, -0.15) is 0 Å². The van der Waals surface area contributed by atoms with E-state index in [1.54, 1.807) is 19.2 Å². The number of amides is 1. The predicted molar refractivity (Wildman–Crippen MR) is 122 cm³/mol. The largest absolute Gasteiger partial charge is 0.347 e. The fourth-order valence-electron chi connectivity index (χ4n) is 2.48. The Balaban J connectivity index is 0.00000364. The van der Waals surface area contributed by atoms with Crippen LogP contribution in [0.5, 0.6) is 0 Å². The third-order valence-electron chi connectivity index (χ3n) is 3.83. The first-order chi connectivity index (χ1) is 12.5. The Morgan fingerprint density at radius 3 is 2.56 bits per heavy atom. The number of rotatable bonds is 5. The van der Waals surface area contributed by atoms with Gasteiger partial charge in [-0.1, -0.05) is 41.8 Å². The van der Waals surface area contributed by atoms with Gasteiger partial charge in [-0.3, -0.25) is 9.79 Å². The Morgan fingerprint density at radius 2 is 1.93 bits per heavy atom.